The number of amides is 2. The summed E-state index contributed by atoms with van der Waals surface area (Å²) in [5.41, 5.74) is 5.14. The predicted octanol–water partition coefficient (Wildman–Crippen LogP) is 4.81. The van der Waals surface area contributed by atoms with Crippen LogP contribution in [0.3, 0.4) is 0 Å². The summed E-state index contributed by atoms with van der Waals surface area (Å²) in [6.45, 7) is 5.74. The second-order valence-corrected chi connectivity index (χ2v) is 9.46. The van der Waals surface area contributed by atoms with Crippen molar-refractivity contribution in [2.75, 3.05) is 17.3 Å². The van der Waals surface area contributed by atoms with E-state index in [1.54, 1.807) is 22.8 Å². The molecule has 2 amide bonds. The number of nitrogens with one attached hydrogen (secondary N) is 1. The molecule has 1 N–H and O–H groups in total. The number of hydrogen-bond donors (Lipinski definition) is 1. The van der Waals surface area contributed by atoms with E-state index in [-0.39, 0.29) is 11.8 Å². The molecule has 0 saturated heterocycles. The lowest BCUT2D eigenvalue weighted by molar-refractivity contribution is -0.121. The van der Waals surface area contributed by atoms with Crippen molar-refractivity contribution in [3.63, 3.8) is 0 Å². The minimum absolute atomic E-state index is 0.0762. The Morgan fingerprint density at radius 1 is 1.12 bits per heavy atom. The van der Waals surface area contributed by atoms with E-state index in [1.807, 2.05) is 74.7 Å². The summed E-state index contributed by atoms with van der Waals surface area (Å²) in [4.78, 5) is 31.8. The number of benzene rings is 2. The van der Waals surface area contributed by atoms with Crippen LogP contribution in [0, 0.1) is 6.92 Å². The molecule has 1 aliphatic heterocycles. The Kier molecular flexibility index (Phi) is 4.90. The number of hydrogen-bond acceptors (Lipinski definition) is 5. The second-order valence-electron chi connectivity index (χ2n) is 8.60. The zero-order valence-electron chi connectivity index (χ0n) is 18.8. The largest absolute Gasteiger partial charge is 0.314 e. The molecule has 0 atom stereocenters. The third-order valence-electron chi connectivity index (χ3n) is 6.15. The van der Waals surface area contributed by atoms with Crippen LogP contribution in [0.5, 0.6) is 0 Å². The van der Waals surface area contributed by atoms with Crippen LogP contribution in [-0.2, 0) is 10.2 Å². The van der Waals surface area contributed by atoms with Crippen molar-refractivity contribution >= 4 is 34.0 Å². The van der Waals surface area contributed by atoms with E-state index in [0.29, 0.717) is 10.7 Å². The van der Waals surface area contributed by atoms with Crippen molar-refractivity contribution in [3.05, 3.63) is 76.9 Å². The van der Waals surface area contributed by atoms with Crippen LogP contribution in [0.15, 0.2) is 60.1 Å². The van der Waals surface area contributed by atoms with Crippen LogP contribution in [0.25, 0.3) is 16.9 Å². The first-order valence-corrected chi connectivity index (χ1v) is 11.5. The van der Waals surface area contributed by atoms with Crippen molar-refractivity contribution in [1.82, 2.24) is 14.8 Å². The normalized spacial score (nSPS) is 14.4. The number of carbonyl (C=O) groups excluding carboxylic acids is 2. The van der Waals surface area contributed by atoms with E-state index in [9.17, 15) is 9.59 Å². The van der Waals surface area contributed by atoms with Gasteiger partial charge in [-0.1, -0.05) is 24.3 Å². The molecule has 2 aromatic heterocycles. The van der Waals surface area contributed by atoms with Gasteiger partial charge in [0, 0.05) is 23.7 Å². The van der Waals surface area contributed by atoms with E-state index < -0.39 is 5.41 Å². The number of likely N-dealkylation sites (N-methyl/N-ethyl adjacent to an activating group) is 1. The van der Waals surface area contributed by atoms with Gasteiger partial charge >= 0.3 is 0 Å². The molecule has 0 unspecified atom stereocenters. The molecule has 3 heterocycles. The number of fused-ring (bicyclic) bond motifs is 1. The Bertz CT molecular complexity index is 1390. The van der Waals surface area contributed by atoms with Crippen molar-refractivity contribution < 1.29 is 9.59 Å². The third kappa shape index (κ3) is 3.43. The molecule has 33 heavy (non-hydrogen) atoms. The van der Waals surface area contributed by atoms with Crippen molar-refractivity contribution in [1.29, 1.82) is 0 Å². The van der Waals surface area contributed by atoms with E-state index in [4.69, 9.17) is 0 Å². The molecule has 0 fully saturated rings. The summed E-state index contributed by atoms with van der Waals surface area (Å²) in [5.74, 6) is -0.176. The molecular weight excluding hydrogens is 434 g/mol. The molecule has 4 aromatic rings. The fourth-order valence-electron chi connectivity index (χ4n) is 4.22. The SMILES string of the molecule is Cc1c(C(=O)Nc2nc(-c3ccc4c(c3)C(C)(C)C(=O)N4C)cs2)cnn1-c1ccccc1. The number of anilines is 2. The lowest BCUT2D eigenvalue weighted by atomic mass is 9.85. The lowest BCUT2D eigenvalue weighted by Crippen LogP contribution is -2.33. The van der Waals surface area contributed by atoms with Crippen molar-refractivity contribution in [2.24, 2.45) is 0 Å². The van der Waals surface area contributed by atoms with E-state index in [1.165, 1.54) is 11.3 Å². The molecule has 8 heteroatoms. The molecule has 5 rings (SSSR count). The molecule has 0 bridgehead atoms. The van der Waals surface area contributed by atoms with Gasteiger partial charge in [0.15, 0.2) is 5.13 Å². The zero-order valence-corrected chi connectivity index (χ0v) is 19.6. The Labute approximate surface area is 195 Å². The monoisotopic (exact) mass is 457 g/mol. The van der Waals surface area contributed by atoms with Crippen molar-refractivity contribution in [3.8, 4) is 16.9 Å². The molecule has 1 aliphatic rings. The maximum atomic E-state index is 12.9. The molecule has 2 aromatic carbocycles. The van der Waals surface area contributed by atoms with Gasteiger partial charge < -0.3 is 4.90 Å². The summed E-state index contributed by atoms with van der Waals surface area (Å²) in [7, 11) is 1.80. The van der Waals surface area contributed by atoms with Crippen LogP contribution < -0.4 is 10.2 Å². The average Bonchev–Trinajstić information content (AvgIpc) is 3.48. The van der Waals surface area contributed by atoms with Crippen LogP contribution in [0.4, 0.5) is 10.8 Å². The molecule has 0 spiro atoms. The number of nitrogens with zero attached hydrogens (tertiary/aromatic N) is 4. The fourth-order valence-corrected chi connectivity index (χ4v) is 4.94. The number of thiazole rings is 1. The number of carbonyl (C=O) groups is 2. The first kappa shape index (κ1) is 21.1. The number of para-hydroxylation sites is 1. The minimum Gasteiger partial charge on any atom is -0.314 e. The topological polar surface area (TPSA) is 80.1 Å². The van der Waals surface area contributed by atoms with Gasteiger partial charge in [0.05, 0.1) is 34.3 Å². The third-order valence-corrected chi connectivity index (χ3v) is 6.90. The maximum Gasteiger partial charge on any atom is 0.260 e. The van der Waals surface area contributed by atoms with E-state index >= 15 is 0 Å². The molecule has 0 aliphatic carbocycles. The van der Waals surface area contributed by atoms with E-state index in [2.05, 4.69) is 15.4 Å². The summed E-state index contributed by atoms with van der Waals surface area (Å²) in [6.07, 6.45) is 1.57. The summed E-state index contributed by atoms with van der Waals surface area (Å²) in [5, 5.41) is 9.67. The summed E-state index contributed by atoms with van der Waals surface area (Å²) in [6, 6.07) is 15.6. The minimum atomic E-state index is -0.580. The van der Waals surface area contributed by atoms with Gasteiger partial charge in [-0.3, -0.25) is 14.9 Å². The Balaban J connectivity index is 1.38. The first-order valence-electron chi connectivity index (χ1n) is 10.6. The predicted molar refractivity (Wildman–Crippen MR) is 130 cm³/mol. The Morgan fingerprint density at radius 3 is 2.64 bits per heavy atom. The highest BCUT2D eigenvalue weighted by Gasteiger charge is 2.42. The average molecular weight is 458 g/mol. The second kappa shape index (κ2) is 7.67. The van der Waals surface area contributed by atoms with Gasteiger partial charge in [-0.25, -0.2) is 9.67 Å². The van der Waals surface area contributed by atoms with Gasteiger partial charge in [0.2, 0.25) is 5.91 Å². The zero-order chi connectivity index (χ0) is 23.3. The summed E-state index contributed by atoms with van der Waals surface area (Å²) >= 11 is 1.36. The van der Waals surface area contributed by atoms with Gasteiger partial charge in [-0.05, 0) is 50.6 Å². The van der Waals surface area contributed by atoms with Crippen LogP contribution in [-0.4, -0.2) is 33.6 Å². The first-order chi connectivity index (χ1) is 15.8. The smallest absolute Gasteiger partial charge is 0.260 e. The number of aromatic nitrogens is 3. The molecular formula is C25H23N5O2S. The maximum absolute atomic E-state index is 12.9. The van der Waals surface area contributed by atoms with Crippen LogP contribution in [0.1, 0.15) is 35.5 Å². The fraction of sp³-hybridized carbons (Fsp3) is 0.200. The van der Waals surface area contributed by atoms with Crippen LogP contribution in [0.2, 0.25) is 0 Å². The Hall–Kier alpha value is -3.78. The lowest BCUT2D eigenvalue weighted by Gasteiger charge is -2.16. The quantitative estimate of drug-likeness (QED) is 0.477. The highest BCUT2D eigenvalue weighted by molar-refractivity contribution is 7.14. The molecule has 0 saturated carbocycles. The van der Waals surface area contributed by atoms with Gasteiger partial charge in [-0.15, -0.1) is 11.3 Å². The number of rotatable bonds is 4. The van der Waals surface area contributed by atoms with Gasteiger partial charge in [-0.2, -0.15) is 5.10 Å². The van der Waals surface area contributed by atoms with Gasteiger partial charge in [0.1, 0.15) is 0 Å². The molecule has 166 valence electrons. The van der Waals surface area contributed by atoms with Crippen LogP contribution >= 0.6 is 11.3 Å². The highest BCUT2D eigenvalue weighted by atomic mass is 32.1. The standard InChI is InChI=1S/C25H23N5O2S/c1-15-18(13-26-30(15)17-8-6-5-7-9-17)22(31)28-24-27-20(14-33-24)16-10-11-21-19(12-16)25(2,3)23(32)29(21)4/h5-14H,1-4H3,(H,27,28,31). The highest BCUT2D eigenvalue weighted by Crippen LogP contribution is 2.42. The van der Waals surface area contributed by atoms with Crippen molar-refractivity contribution in [2.45, 2.75) is 26.2 Å². The Morgan fingerprint density at radius 2 is 1.88 bits per heavy atom. The van der Waals surface area contributed by atoms with E-state index in [0.717, 1.165) is 33.9 Å². The van der Waals surface area contributed by atoms with Gasteiger partial charge in [0.25, 0.3) is 5.91 Å². The molecule has 0 radical (unpaired) electrons. The summed E-state index contributed by atoms with van der Waals surface area (Å²) < 4.78 is 1.74. The molecule has 7 nitrogen and oxygen atoms in total.